The molecular weight excluding hydrogens is 312 g/mol. The minimum absolute atomic E-state index is 0.555. The zero-order valence-electron chi connectivity index (χ0n) is 12.3. The summed E-state index contributed by atoms with van der Waals surface area (Å²) < 4.78 is 10.6. The first-order chi connectivity index (χ1) is 11.3. The van der Waals surface area contributed by atoms with Crippen molar-refractivity contribution >= 4 is 22.7 Å². The number of aromatic nitrogens is 4. The number of aryl methyl sites for hydroxylation is 1. The van der Waals surface area contributed by atoms with Gasteiger partial charge in [-0.05, 0) is 25.1 Å². The molecule has 0 aliphatic rings. The van der Waals surface area contributed by atoms with E-state index < -0.39 is 0 Å². The van der Waals surface area contributed by atoms with Gasteiger partial charge in [-0.15, -0.1) is 0 Å². The van der Waals surface area contributed by atoms with E-state index in [4.69, 9.17) is 8.94 Å². The SMILES string of the molecule is Cc1noc(CSc2nc(-c3ccco3)nc3ccccc23)n1. The highest BCUT2D eigenvalue weighted by Gasteiger charge is 2.13. The van der Waals surface area contributed by atoms with Crippen molar-refractivity contribution in [1.82, 2.24) is 20.1 Å². The maximum Gasteiger partial charge on any atom is 0.237 e. The number of hydrogen-bond acceptors (Lipinski definition) is 7. The third kappa shape index (κ3) is 2.83. The first-order valence-corrected chi connectivity index (χ1v) is 8.01. The highest BCUT2D eigenvalue weighted by atomic mass is 32.2. The molecule has 0 bridgehead atoms. The molecule has 0 atom stereocenters. The monoisotopic (exact) mass is 324 g/mol. The molecule has 0 fully saturated rings. The number of para-hydroxylation sites is 1. The van der Waals surface area contributed by atoms with Crippen LogP contribution in [0.2, 0.25) is 0 Å². The second-order valence-corrected chi connectivity index (χ2v) is 5.83. The van der Waals surface area contributed by atoms with Crippen molar-refractivity contribution in [3.8, 4) is 11.6 Å². The lowest BCUT2D eigenvalue weighted by molar-refractivity contribution is 0.387. The van der Waals surface area contributed by atoms with Gasteiger partial charge in [0.15, 0.2) is 17.4 Å². The summed E-state index contributed by atoms with van der Waals surface area (Å²) in [5.74, 6) is 2.97. The fourth-order valence-corrected chi connectivity index (χ4v) is 3.06. The van der Waals surface area contributed by atoms with Gasteiger partial charge in [0.1, 0.15) is 5.03 Å². The molecule has 0 N–H and O–H groups in total. The van der Waals surface area contributed by atoms with E-state index in [1.807, 2.05) is 36.4 Å². The predicted molar refractivity (Wildman–Crippen MR) is 85.8 cm³/mol. The van der Waals surface area contributed by atoms with Crippen LogP contribution in [0.3, 0.4) is 0 Å². The fourth-order valence-electron chi connectivity index (χ4n) is 2.20. The number of fused-ring (bicyclic) bond motifs is 1. The lowest BCUT2D eigenvalue weighted by atomic mass is 10.2. The van der Waals surface area contributed by atoms with E-state index in [0.29, 0.717) is 29.1 Å². The molecule has 1 aromatic carbocycles. The Hall–Kier alpha value is -2.67. The Bertz CT molecular complexity index is 950. The molecule has 0 spiro atoms. The maximum atomic E-state index is 5.41. The van der Waals surface area contributed by atoms with Crippen LogP contribution in [0.5, 0.6) is 0 Å². The van der Waals surface area contributed by atoms with Gasteiger partial charge in [0.25, 0.3) is 0 Å². The summed E-state index contributed by atoms with van der Waals surface area (Å²) in [5, 5.41) is 5.65. The normalized spacial score (nSPS) is 11.2. The van der Waals surface area contributed by atoms with Crippen molar-refractivity contribution in [2.24, 2.45) is 0 Å². The zero-order valence-corrected chi connectivity index (χ0v) is 13.1. The second kappa shape index (κ2) is 5.85. The average Bonchev–Trinajstić information content (AvgIpc) is 3.24. The van der Waals surface area contributed by atoms with E-state index in [0.717, 1.165) is 15.9 Å². The van der Waals surface area contributed by atoms with Crippen LogP contribution < -0.4 is 0 Å². The van der Waals surface area contributed by atoms with Gasteiger partial charge < -0.3 is 8.94 Å². The Morgan fingerprint density at radius 2 is 1.96 bits per heavy atom. The number of rotatable bonds is 4. The predicted octanol–water partition coefficient (Wildman–Crippen LogP) is 3.87. The van der Waals surface area contributed by atoms with Gasteiger partial charge >= 0.3 is 0 Å². The van der Waals surface area contributed by atoms with Crippen LogP contribution in [0.25, 0.3) is 22.5 Å². The van der Waals surface area contributed by atoms with Crippen molar-refractivity contribution in [2.45, 2.75) is 17.7 Å². The molecule has 23 heavy (non-hydrogen) atoms. The van der Waals surface area contributed by atoms with Crippen molar-refractivity contribution < 1.29 is 8.94 Å². The summed E-state index contributed by atoms with van der Waals surface area (Å²) in [6.45, 7) is 1.80. The molecule has 114 valence electrons. The Labute approximate surface area is 135 Å². The van der Waals surface area contributed by atoms with Crippen molar-refractivity contribution in [2.75, 3.05) is 0 Å². The molecular formula is C16H12N4O2S. The Morgan fingerprint density at radius 1 is 1.04 bits per heavy atom. The number of furan rings is 1. The van der Waals surface area contributed by atoms with Gasteiger partial charge in [0.2, 0.25) is 5.89 Å². The molecule has 4 rings (SSSR count). The number of hydrogen-bond donors (Lipinski definition) is 0. The molecule has 7 heteroatoms. The Morgan fingerprint density at radius 3 is 2.74 bits per heavy atom. The van der Waals surface area contributed by atoms with Crippen LogP contribution in [0.15, 0.2) is 56.6 Å². The van der Waals surface area contributed by atoms with Gasteiger partial charge in [0, 0.05) is 5.39 Å². The third-order valence-electron chi connectivity index (χ3n) is 3.21. The first kappa shape index (κ1) is 14.0. The van der Waals surface area contributed by atoms with Gasteiger partial charge in [-0.3, -0.25) is 0 Å². The molecule has 4 aromatic rings. The molecule has 0 aliphatic carbocycles. The molecule has 0 aliphatic heterocycles. The fraction of sp³-hybridized carbons (Fsp3) is 0.125. The van der Waals surface area contributed by atoms with Crippen LogP contribution in [0.1, 0.15) is 11.7 Å². The quantitative estimate of drug-likeness (QED) is 0.416. The third-order valence-corrected chi connectivity index (χ3v) is 4.19. The molecule has 0 saturated carbocycles. The van der Waals surface area contributed by atoms with E-state index in [1.165, 1.54) is 11.8 Å². The van der Waals surface area contributed by atoms with E-state index in [9.17, 15) is 0 Å². The molecule has 6 nitrogen and oxygen atoms in total. The second-order valence-electron chi connectivity index (χ2n) is 4.87. The van der Waals surface area contributed by atoms with Crippen molar-refractivity contribution in [3.63, 3.8) is 0 Å². The Balaban J connectivity index is 1.74. The lowest BCUT2D eigenvalue weighted by Crippen LogP contribution is -1.93. The summed E-state index contributed by atoms with van der Waals surface area (Å²) in [6.07, 6.45) is 1.61. The van der Waals surface area contributed by atoms with Crippen LogP contribution in [-0.2, 0) is 5.75 Å². The summed E-state index contributed by atoms with van der Waals surface area (Å²) >= 11 is 1.54. The van der Waals surface area contributed by atoms with Crippen LogP contribution in [-0.4, -0.2) is 20.1 Å². The molecule has 0 saturated heterocycles. The first-order valence-electron chi connectivity index (χ1n) is 7.02. The highest BCUT2D eigenvalue weighted by Crippen LogP contribution is 2.30. The molecule has 0 radical (unpaired) electrons. The summed E-state index contributed by atoms with van der Waals surface area (Å²) in [5.41, 5.74) is 0.873. The molecule has 3 aromatic heterocycles. The van der Waals surface area contributed by atoms with Crippen LogP contribution >= 0.6 is 11.8 Å². The minimum atomic E-state index is 0.555. The Kier molecular flexibility index (Phi) is 3.55. The van der Waals surface area contributed by atoms with Gasteiger partial charge in [-0.25, -0.2) is 9.97 Å². The van der Waals surface area contributed by atoms with E-state index >= 15 is 0 Å². The minimum Gasteiger partial charge on any atom is -0.461 e. The summed E-state index contributed by atoms with van der Waals surface area (Å²) in [6, 6.07) is 11.6. The topological polar surface area (TPSA) is 77.8 Å². The van der Waals surface area contributed by atoms with Gasteiger partial charge in [-0.1, -0.05) is 35.1 Å². The standard InChI is InChI=1S/C16H12N4O2S/c1-10-17-14(22-20-10)9-23-16-11-5-2-3-6-12(11)18-15(19-16)13-7-4-8-21-13/h2-8H,9H2,1H3. The number of benzene rings is 1. The summed E-state index contributed by atoms with van der Waals surface area (Å²) in [7, 11) is 0. The number of thioether (sulfide) groups is 1. The van der Waals surface area contributed by atoms with E-state index in [1.54, 1.807) is 13.2 Å². The van der Waals surface area contributed by atoms with E-state index in [-0.39, 0.29) is 0 Å². The highest BCUT2D eigenvalue weighted by molar-refractivity contribution is 7.98. The smallest absolute Gasteiger partial charge is 0.237 e. The zero-order chi connectivity index (χ0) is 15.6. The molecule has 0 amide bonds. The van der Waals surface area contributed by atoms with Gasteiger partial charge in [0.05, 0.1) is 17.5 Å². The average molecular weight is 324 g/mol. The van der Waals surface area contributed by atoms with E-state index in [2.05, 4.69) is 20.1 Å². The number of nitrogens with zero attached hydrogens (tertiary/aromatic N) is 4. The molecule has 0 unspecified atom stereocenters. The summed E-state index contributed by atoms with van der Waals surface area (Å²) in [4.78, 5) is 13.4. The lowest BCUT2D eigenvalue weighted by Gasteiger charge is -2.06. The maximum absolute atomic E-state index is 5.41. The van der Waals surface area contributed by atoms with Crippen molar-refractivity contribution in [1.29, 1.82) is 0 Å². The van der Waals surface area contributed by atoms with Gasteiger partial charge in [-0.2, -0.15) is 4.98 Å². The molecule has 3 heterocycles. The largest absolute Gasteiger partial charge is 0.461 e. The van der Waals surface area contributed by atoms with Crippen molar-refractivity contribution in [3.05, 3.63) is 54.4 Å². The van der Waals surface area contributed by atoms with Crippen LogP contribution in [0, 0.1) is 6.92 Å². The van der Waals surface area contributed by atoms with Crippen LogP contribution in [0.4, 0.5) is 0 Å².